The van der Waals surface area contributed by atoms with Crippen molar-refractivity contribution in [3.63, 3.8) is 0 Å². The molecule has 3 aromatic rings. The monoisotopic (exact) mass is 615 g/mol. The Kier molecular flexibility index (Phi) is 10.5. The van der Waals surface area contributed by atoms with Gasteiger partial charge in [0.15, 0.2) is 0 Å². The third-order valence-electron chi connectivity index (χ3n) is 5.99. The second-order valence-electron chi connectivity index (χ2n) is 9.49. The number of carbonyl (C=O) groups excluding carboxylic acids is 2. The molecule has 0 aliphatic heterocycles. The first-order chi connectivity index (χ1) is 18.5. The van der Waals surface area contributed by atoms with Crippen LogP contribution in [-0.4, -0.2) is 57.1 Å². The van der Waals surface area contributed by atoms with E-state index in [9.17, 15) is 18.0 Å². The van der Waals surface area contributed by atoms with E-state index in [1.165, 1.54) is 12.0 Å². The second kappa shape index (κ2) is 13.6. The maximum atomic E-state index is 14.0. The summed E-state index contributed by atoms with van der Waals surface area (Å²) >= 11 is 3.43. The van der Waals surface area contributed by atoms with Gasteiger partial charge in [0, 0.05) is 29.5 Å². The van der Waals surface area contributed by atoms with Gasteiger partial charge in [-0.25, -0.2) is 8.42 Å². The highest BCUT2D eigenvalue weighted by Gasteiger charge is 2.33. The van der Waals surface area contributed by atoms with Crippen LogP contribution in [0.15, 0.2) is 83.3 Å². The van der Waals surface area contributed by atoms with Gasteiger partial charge in [0.1, 0.15) is 18.3 Å². The lowest BCUT2D eigenvalue weighted by Crippen LogP contribution is -2.54. The van der Waals surface area contributed by atoms with Gasteiger partial charge >= 0.3 is 0 Å². The van der Waals surface area contributed by atoms with Crippen molar-refractivity contribution in [2.45, 2.75) is 38.9 Å². The molecule has 0 aliphatic rings. The topological polar surface area (TPSA) is 96.0 Å². The molecule has 8 nitrogen and oxygen atoms in total. The van der Waals surface area contributed by atoms with E-state index in [2.05, 4.69) is 21.2 Å². The van der Waals surface area contributed by atoms with E-state index in [-0.39, 0.29) is 24.9 Å². The summed E-state index contributed by atoms with van der Waals surface area (Å²) in [5.41, 5.74) is 1.97. The van der Waals surface area contributed by atoms with E-state index in [1.54, 1.807) is 24.3 Å². The number of halogens is 1. The van der Waals surface area contributed by atoms with Crippen molar-refractivity contribution < 1.29 is 22.7 Å². The van der Waals surface area contributed by atoms with Crippen molar-refractivity contribution in [2.75, 3.05) is 24.2 Å². The van der Waals surface area contributed by atoms with E-state index in [0.717, 1.165) is 26.2 Å². The van der Waals surface area contributed by atoms with Crippen LogP contribution in [0.25, 0.3) is 0 Å². The SMILES string of the molecule is COc1cccc(N(CC(=O)N(Cc2ccc(Br)cc2)C(Cc2ccccc2)C(=O)NC(C)C)S(C)(=O)=O)c1. The fraction of sp³-hybridized carbons (Fsp3) is 0.310. The molecule has 0 spiro atoms. The summed E-state index contributed by atoms with van der Waals surface area (Å²) in [6.07, 6.45) is 1.31. The Morgan fingerprint density at radius 2 is 1.62 bits per heavy atom. The number of nitrogens with one attached hydrogen (secondary N) is 1. The standard InChI is InChI=1S/C29H34BrN3O5S/c1-21(2)31-29(35)27(17-22-9-6-5-7-10-22)32(19-23-13-15-24(30)16-14-23)28(34)20-33(39(4,36)37)25-11-8-12-26(18-25)38-3/h5-16,18,21,27H,17,19-20H2,1-4H3,(H,31,35). The minimum Gasteiger partial charge on any atom is -0.497 e. The number of hydrogen-bond acceptors (Lipinski definition) is 5. The lowest BCUT2D eigenvalue weighted by Gasteiger charge is -2.34. The number of sulfonamides is 1. The van der Waals surface area contributed by atoms with Gasteiger partial charge in [0.05, 0.1) is 19.1 Å². The Labute approximate surface area is 239 Å². The molecule has 0 radical (unpaired) electrons. The number of rotatable bonds is 12. The van der Waals surface area contributed by atoms with E-state index in [4.69, 9.17) is 4.74 Å². The van der Waals surface area contributed by atoms with E-state index >= 15 is 0 Å². The lowest BCUT2D eigenvalue weighted by molar-refractivity contribution is -0.140. The summed E-state index contributed by atoms with van der Waals surface area (Å²) in [6, 6.07) is 22.4. The third-order valence-corrected chi connectivity index (χ3v) is 7.66. The first-order valence-corrected chi connectivity index (χ1v) is 15.1. The molecule has 1 unspecified atom stereocenters. The fourth-order valence-electron chi connectivity index (χ4n) is 4.10. The molecule has 0 saturated heterocycles. The molecule has 0 bridgehead atoms. The van der Waals surface area contributed by atoms with Crippen LogP contribution >= 0.6 is 15.9 Å². The van der Waals surface area contributed by atoms with Crippen LogP contribution in [0.3, 0.4) is 0 Å². The maximum Gasteiger partial charge on any atom is 0.244 e. The Balaban J connectivity index is 2.05. The molecule has 3 rings (SSSR count). The summed E-state index contributed by atoms with van der Waals surface area (Å²) in [5, 5.41) is 2.93. The number of hydrogen-bond donors (Lipinski definition) is 1. The van der Waals surface area contributed by atoms with Crippen LogP contribution in [0, 0.1) is 0 Å². The average Bonchev–Trinajstić information content (AvgIpc) is 2.89. The van der Waals surface area contributed by atoms with Gasteiger partial charge in [0.2, 0.25) is 21.8 Å². The predicted octanol–water partition coefficient (Wildman–Crippen LogP) is 4.39. The number of nitrogens with zero attached hydrogens (tertiary/aromatic N) is 2. The summed E-state index contributed by atoms with van der Waals surface area (Å²) < 4.78 is 32.9. The van der Waals surface area contributed by atoms with Crippen molar-refractivity contribution in [3.05, 3.63) is 94.5 Å². The molecule has 0 fully saturated rings. The van der Waals surface area contributed by atoms with Crippen LogP contribution in [0.2, 0.25) is 0 Å². The van der Waals surface area contributed by atoms with Crippen LogP contribution in [-0.2, 0) is 32.6 Å². The van der Waals surface area contributed by atoms with Crippen molar-refractivity contribution in [1.82, 2.24) is 10.2 Å². The quantitative estimate of drug-likeness (QED) is 0.326. The number of methoxy groups -OCH3 is 1. The molecule has 0 aromatic heterocycles. The highest BCUT2D eigenvalue weighted by atomic mass is 79.9. The van der Waals surface area contributed by atoms with Crippen LogP contribution < -0.4 is 14.4 Å². The molecule has 0 heterocycles. The highest BCUT2D eigenvalue weighted by molar-refractivity contribution is 9.10. The van der Waals surface area contributed by atoms with E-state index < -0.39 is 28.5 Å². The Bertz CT molecular complexity index is 1370. The number of carbonyl (C=O) groups is 2. The van der Waals surface area contributed by atoms with E-state index in [0.29, 0.717) is 11.4 Å². The second-order valence-corrected chi connectivity index (χ2v) is 12.3. The molecule has 2 amide bonds. The van der Waals surface area contributed by atoms with Crippen molar-refractivity contribution in [2.24, 2.45) is 0 Å². The molecule has 208 valence electrons. The fourth-order valence-corrected chi connectivity index (χ4v) is 5.21. The lowest BCUT2D eigenvalue weighted by atomic mass is 10.0. The number of amides is 2. The summed E-state index contributed by atoms with van der Waals surface area (Å²) in [5.74, 6) is -0.365. The molecule has 0 saturated carbocycles. The molecule has 39 heavy (non-hydrogen) atoms. The van der Waals surface area contributed by atoms with Gasteiger partial charge in [0.25, 0.3) is 0 Å². The van der Waals surface area contributed by atoms with Gasteiger partial charge in [-0.3, -0.25) is 13.9 Å². The minimum absolute atomic E-state index is 0.116. The number of ether oxygens (including phenoxy) is 1. The number of anilines is 1. The molecular formula is C29H34BrN3O5S. The molecule has 3 aromatic carbocycles. The van der Waals surface area contributed by atoms with Crippen molar-refractivity contribution >= 4 is 43.5 Å². The minimum atomic E-state index is -3.85. The van der Waals surface area contributed by atoms with Gasteiger partial charge in [-0.15, -0.1) is 0 Å². The van der Waals surface area contributed by atoms with Crippen LogP contribution in [0.5, 0.6) is 5.75 Å². The van der Waals surface area contributed by atoms with Crippen LogP contribution in [0.1, 0.15) is 25.0 Å². The smallest absolute Gasteiger partial charge is 0.244 e. The van der Waals surface area contributed by atoms with Crippen molar-refractivity contribution in [3.8, 4) is 5.75 Å². The zero-order valence-electron chi connectivity index (χ0n) is 22.5. The third kappa shape index (κ3) is 8.83. The maximum absolute atomic E-state index is 14.0. The molecule has 1 atom stereocenters. The zero-order chi connectivity index (χ0) is 28.6. The number of benzene rings is 3. The van der Waals surface area contributed by atoms with Gasteiger partial charge in [-0.2, -0.15) is 0 Å². The van der Waals surface area contributed by atoms with Gasteiger partial charge in [-0.1, -0.05) is 64.5 Å². The summed E-state index contributed by atoms with van der Waals surface area (Å²) in [4.78, 5) is 29.0. The Hall–Kier alpha value is -3.37. The Morgan fingerprint density at radius 1 is 0.949 bits per heavy atom. The van der Waals surface area contributed by atoms with Crippen molar-refractivity contribution in [1.29, 1.82) is 0 Å². The largest absolute Gasteiger partial charge is 0.497 e. The van der Waals surface area contributed by atoms with E-state index in [1.807, 2.05) is 68.4 Å². The molecular weight excluding hydrogens is 582 g/mol. The zero-order valence-corrected chi connectivity index (χ0v) is 24.9. The summed E-state index contributed by atoms with van der Waals surface area (Å²) in [7, 11) is -2.37. The first-order valence-electron chi connectivity index (χ1n) is 12.5. The first kappa shape index (κ1) is 30.2. The average molecular weight is 617 g/mol. The predicted molar refractivity (Wildman–Crippen MR) is 157 cm³/mol. The molecule has 10 heteroatoms. The normalized spacial score (nSPS) is 12.1. The molecule has 1 N–H and O–H groups in total. The van der Waals surface area contributed by atoms with Gasteiger partial charge < -0.3 is 15.0 Å². The van der Waals surface area contributed by atoms with Crippen LogP contribution in [0.4, 0.5) is 5.69 Å². The summed E-state index contributed by atoms with van der Waals surface area (Å²) in [6.45, 7) is 3.34. The molecule has 0 aliphatic carbocycles. The Morgan fingerprint density at radius 3 is 2.21 bits per heavy atom. The van der Waals surface area contributed by atoms with Gasteiger partial charge in [-0.05, 0) is 49.2 Å². The highest BCUT2D eigenvalue weighted by Crippen LogP contribution is 2.24.